The minimum Gasteiger partial charge on any atom is -0.454 e. The third kappa shape index (κ3) is 3.67. The van der Waals surface area contributed by atoms with Gasteiger partial charge >= 0.3 is 0 Å². The summed E-state index contributed by atoms with van der Waals surface area (Å²) in [5.41, 5.74) is 2.78. The number of nitrogens with zero attached hydrogens (tertiary/aromatic N) is 6. The van der Waals surface area contributed by atoms with E-state index in [1.165, 1.54) is 0 Å². The Morgan fingerprint density at radius 1 is 1.09 bits per heavy atom. The van der Waals surface area contributed by atoms with Crippen molar-refractivity contribution in [3.63, 3.8) is 0 Å². The topological polar surface area (TPSA) is 80.3 Å². The van der Waals surface area contributed by atoms with Gasteiger partial charge in [-0.05, 0) is 39.0 Å². The van der Waals surface area contributed by atoms with E-state index in [1.807, 2.05) is 42.2 Å². The maximum Gasteiger partial charge on any atom is 0.257 e. The average Bonchev–Trinajstić information content (AvgIpc) is 3.42. The number of aromatic nitrogens is 4. The van der Waals surface area contributed by atoms with Crippen LogP contribution >= 0.6 is 0 Å². The minimum absolute atomic E-state index is 0.00518. The lowest BCUT2D eigenvalue weighted by Crippen LogP contribution is -2.50. The molecule has 0 saturated carbocycles. The number of carbonyl (C=O) groups excluding carboxylic acids is 1. The second-order valence-corrected chi connectivity index (χ2v) is 8.37. The van der Waals surface area contributed by atoms with E-state index in [1.54, 1.807) is 23.1 Å². The zero-order valence-electron chi connectivity index (χ0n) is 18.5. The van der Waals surface area contributed by atoms with Crippen LogP contribution < -0.4 is 0 Å². The molecule has 0 N–H and O–H groups in total. The van der Waals surface area contributed by atoms with Gasteiger partial charge < -0.3 is 9.32 Å². The van der Waals surface area contributed by atoms with Crippen molar-refractivity contribution in [3.8, 4) is 17.4 Å². The van der Waals surface area contributed by atoms with E-state index in [-0.39, 0.29) is 5.91 Å². The molecule has 1 aliphatic rings. The number of furan rings is 1. The van der Waals surface area contributed by atoms with Crippen molar-refractivity contribution in [2.24, 2.45) is 0 Å². The van der Waals surface area contributed by atoms with Gasteiger partial charge in [0.05, 0.1) is 17.5 Å². The maximum atomic E-state index is 13.1. The third-order valence-corrected chi connectivity index (χ3v) is 6.08. The van der Waals surface area contributed by atoms with Gasteiger partial charge in [-0.1, -0.05) is 18.2 Å². The summed E-state index contributed by atoms with van der Waals surface area (Å²) in [7, 11) is 0. The van der Waals surface area contributed by atoms with Crippen LogP contribution in [-0.4, -0.2) is 67.7 Å². The molecule has 8 heteroatoms. The number of piperazine rings is 1. The molecule has 5 rings (SSSR count). The van der Waals surface area contributed by atoms with Crippen molar-refractivity contribution in [1.82, 2.24) is 29.5 Å². The van der Waals surface area contributed by atoms with E-state index in [0.717, 1.165) is 42.8 Å². The summed E-state index contributed by atoms with van der Waals surface area (Å²) >= 11 is 0. The largest absolute Gasteiger partial charge is 0.454 e. The SMILES string of the molecule is Cc1c(C(=O)N2CCN(C(C)C)CC2)cnn1-c1nccc(-c2cc3ccccc3o2)n1. The molecule has 1 amide bonds. The van der Waals surface area contributed by atoms with Crippen LogP contribution in [0.2, 0.25) is 0 Å². The molecule has 4 heterocycles. The van der Waals surface area contributed by atoms with Gasteiger partial charge in [0, 0.05) is 43.8 Å². The van der Waals surface area contributed by atoms with Crippen molar-refractivity contribution >= 4 is 16.9 Å². The van der Waals surface area contributed by atoms with Gasteiger partial charge in [0.15, 0.2) is 5.76 Å². The van der Waals surface area contributed by atoms with Gasteiger partial charge in [0.2, 0.25) is 0 Å². The summed E-state index contributed by atoms with van der Waals surface area (Å²) in [6, 6.07) is 12.1. The molecule has 164 valence electrons. The van der Waals surface area contributed by atoms with Gasteiger partial charge in [-0.25, -0.2) is 14.6 Å². The smallest absolute Gasteiger partial charge is 0.257 e. The summed E-state index contributed by atoms with van der Waals surface area (Å²) < 4.78 is 7.55. The second-order valence-electron chi connectivity index (χ2n) is 8.37. The summed E-state index contributed by atoms with van der Waals surface area (Å²) in [4.78, 5) is 26.4. The second kappa shape index (κ2) is 8.20. The highest BCUT2D eigenvalue weighted by molar-refractivity contribution is 5.95. The molecule has 4 aromatic rings. The predicted octanol–water partition coefficient (Wildman–Crippen LogP) is 3.55. The summed E-state index contributed by atoms with van der Waals surface area (Å²) in [6.45, 7) is 9.47. The Bertz CT molecular complexity index is 1230. The third-order valence-electron chi connectivity index (χ3n) is 6.08. The van der Waals surface area contributed by atoms with Crippen LogP contribution in [0.25, 0.3) is 28.4 Å². The van der Waals surface area contributed by atoms with Crippen LogP contribution in [0.4, 0.5) is 0 Å². The zero-order chi connectivity index (χ0) is 22.2. The molecule has 0 spiro atoms. The molecular formula is C24H26N6O2. The van der Waals surface area contributed by atoms with Crippen molar-refractivity contribution in [3.05, 3.63) is 60.0 Å². The Morgan fingerprint density at radius 3 is 2.62 bits per heavy atom. The highest BCUT2D eigenvalue weighted by Gasteiger charge is 2.26. The molecule has 0 atom stereocenters. The summed E-state index contributed by atoms with van der Waals surface area (Å²) in [5, 5.41) is 5.44. The molecule has 3 aromatic heterocycles. The molecule has 0 unspecified atom stereocenters. The predicted molar refractivity (Wildman–Crippen MR) is 122 cm³/mol. The Morgan fingerprint density at radius 2 is 1.88 bits per heavy atom. The van der Waals surface area contributed by atoms with Crippen molar-refractivity contribution in [1.29, 1.82) is 0 Å². The fraction of sp³-hybridized carbons (Fsp3) is 0.333. The normalized spacial score (nSPS) is 15.1. The Labute approximate surface area is 186 Å². The fourth-order valence-corrected chi connectivity index (χ4v) is 4.13. The van der Waals surface area contributed by atoms with Crippen molar-refractivity contribution < 1.29 is 9.21 Å². The van der Waals surface area contributed by atoms with Gasteiger partial charge in [-0.15, -0.1) is 0 Å². The molecule has 8 nitrogen and oxygen atoms in total. The standard InChI is InChI=1S/C24H26N6O2/c1-16(2)28-10-12-29(13-11-28)23(31)19-15-26-30(17(19)3)24-25-9-8-20(27-24)22-14-18-6-4-5-7-21(18)32-22/h4-9,14-16H,10-13H2,1-3H3. The van der Waals surface area contributed by atoms with E-state index in [2.05, 4.69) is 33.8 Å². The number of carbonyl (C=O) groups is 1. The van der Waals surface area contributed by atoms with Crippen LogP contribution in [0.1, 0.15) is 29.9 Å². The quantitative estimate of drug-likeness (QED) is 0.493. The van der Waals surface area contributed by atoms with E-state index >= 15 is 0 Å². The lowest BCUT2D eigenvalue weighted by Gasteiger charge is -2.36. The molecule has 1 saturated heterocycles. The zero-order valence-corrected chi connectivity index (χ0v) is 18.5. The first-order valence-corrected chi connectivity index (χ1v) is 10.9. The molecule has 1 fully saturated rings. The number of para-hydroxylation sites is 1. The maximum absolute atomic E-state index is 13.1. The number of hydrogen-bond donors (Lipinski definition) is 0. The number of amides is 1. The molecule has 0 radical (unpaired) electrons. The molecule has 0 aliphatic carbocycles. The molecule has 0 bridgehead atoms. The van der Waals surface area contributed by atoms with Crippen molar-refractivity contribution in [2.75, 3.05) is 26.2 Å². The summed E-state index contributed by atoms with van der Waals surface area (Å²) in [6.07, 6.45) is 3.29. The van der Waals surface area contributed by atoms with E-state index in [4.69, 9.17) is 4.42 Å². The fourth-order valence-electron chi connectivity index (χ4n) is 4.13. The van der Waals surface area contributed by atoms with E-state index < -0.39 is 0 Å². The number of rotatable bonds is 4. The van der Waals surface area contributed by atoms with E-state index in [9.17, 15) is 4.79 Å². The number of benzene rings is 1. The molecular weight excluding hydrogens is 404 g/mol. The van der Waals surface area contributed by atoms with Gasteiger partial charge in [0.1, 0.15) is 11.3 Å². The van der Waals surface area contributed by atoms with Crippen LogP contribution in [0.5, 0.6) is 0 Å². The molecule has 1 aromatic carbocycles. The van der Waals surface area contributed by atoms with Crippen LogP contribution in [0.3, 0.4) is 0 Å². The first-order valence-electron chi connectivity index (χ1n) is 10.9. The lowest BCUT2D eigenvalue weighted by atomic mass is 10.2. The Balaban J connectivity index is 1.40. The summed E-state index contributed by atoms with van der Waals surface area (Å²) in [5.74, 6) is 1.08. The van der Waals surface area contributed by atoms with Gasteiger partial charge in [-0.3, -0.25) is 9.69 Å². The monoisotopic (exact) mass is 430 g/mol. The lowest BCUT2D eigenvalue weighted by molar-refractivity contribution is 0.0595. The van der Waals surface area contributed by atoms with E-state index in [0.29, 0.717) is 29.0 Å². The average molecular weight is 431 g/mol. The number of fused-ring (bicyclic) bond motifs is 1. The minimum atomic E-state index is 0.00518. The van der Waals surface area contributed by atoms with Crippen LogP contribution in [0, 0.1) is 6.92 Å². The highest BCUT2D eigenvalue weighted by Crippen LogP contribution is 2.26. The van der Waals surface area contributed by atoms with Crippen LogP contribution in [0.15, 0.2) is 53.2 Å². The first kappa shape index (κ1) is 20.4. The molecule has 32 heavy (non-hydrogen) atoms. The molecule has 1 aliphatic heterocycles. The van der Waals surface area contributed by atoms with Crippen molar-refractivity contribution in [2.45, 2.75) is 26.8 Å². The first-order chi connectivity index (χ1) is 15.5. The van der Waals surface area contributed by atoms with Gasteiger partial charge in [0.25, 0.3) is 11.9 Å². The van der Waals surface area contributed by atoms with Crippen LogP contribution in [-0.2, 0) is 0 Å². The number of hydrogen-bond acceptors (Lipinski definition) is 6. The van der Waals surface area contributed by atoms with Gasteiger partial charge in [-0.2, -0.15) is 5.10 Å². The Hall–Kier alpha value is -3.52. The Kier molecular flexibility index (Phi) is 5.22. The highest BCUT2D eigenvalue weighted by atomic mass is 16.3.